The van der Waals surface area contributed by atoms with Gasteiger partial charge in [-0.3, -0.25) is 19.2 Å². The van der Waals surface area contributed by atoms with Crippen LogP contribution in [0.25, 0.3) is 0 Å². The summed E-state index contributed by atoms with van der Waals surface area (Å²) in [4.78, 5) is 31.5. The quantitative estimate of drug-likeness (QED) is 0.732. The summed E-state index contributed by atoms with van der Waals surface area (Å²) in [5.41, 5.74) is 1.75. The van der Waals surface area contributed by atoms with Gasteiger partial charge in [0.2, 0.25) is 5.91 Å². The van der Waals surface area contributed by atoms with Crippen molar-refractivity contribution in [1.82, 2.24) is 24.5 Å². The van der Waals surface area contributed by atoms with Crippen molar-refractivity contribution in [1.29, 1.82) is 0 Å². The Bertz CT molecular complexity index is 855. The van der Waals surface area contributed by atoms with Gasteiger partial charge in [-0.15, -0.1) is 0 Å². The van der Waals surface area contributed by atoms with Gasteiger partial charge in [0, 0.05) is 45.5 Å². The molecule has 2 fully saturated rings. The van der Waals surface area contributed by atoms with E-state index in [2.05, 4.69) is 10.00 Å². The number of rotatable bonds is 5. The molecule has 0 N–H and O–H groups in total. The van der Waals surface area contributed by atoms with E-state index in [1.165, 1.54) is 0 Å². The summed E-state index contributed by atoms with van der Waals surface area (Å²) < 4.78 is 7.13. The fourth-order valence-corrected chi connectivity index (χ4v) is 4.03. The van der Waals surface area contributed by atoms with Gasteiger partial charge in [-0.2, -0.15) is 5.10 Å². The summed E-state index contributed by atoms with van der Waals surface area (Å²) in [5, 5.41) is 4.34. The Kier molecular flexibility index (Phi) is 6.44. The first kappa shape index (κ1) is 20.6. The lowest BCUT2D eigenvalue weighted by Crippen LogP contribution is -2.56. The SMILES string of the molecule is CC(C(=O)N1CCOCC1)N1CCN(C(=O)c2cnn(Cc3ccccc3)c2)CC1. The number of amides is 2. The lowest BCUT2D eigenvalue weighted by atomic mass is 10.2. The van der Waals surface area contributed by atoms with E-state index in [-0.39, 0.29) is 17.9 Å². The average Bonchev–Trinajstić information content (AvgIpc) is 3.27. The standard InChI is InChI=1S/C22H29N5O3/c1-18(21(28)26-11-13-30-14-12-26)24-7-9-25(10-8-24)22(29)20-15-23-27(17-20)16-19-5-3-2-4-6-19/h2-6,15,17-18H,7-14,16H2,1H3. The Hall–Kier alpha value is -2.71. The molecule has 160 valence electrons. The van der Waals surface area contributed by atoms with Gasteiger partial charge in [-0.1, -0.05) is 30.3 Å². The third-order valence-electron chi connectivity index (χ3n) is 5.90. The molecule has 8 nitrogen and oxygen atoms in total. The van der Waals surface area contributed by atoms with Crippen LogP contribution in [0.15, 0.2) is 42.7 Å². The Balaban J connectivity index is 1.29. The highest BCUT2D eigenvalue weighted by Crippen LogP contribution is 2.13. The molecule has 4 rings (SSSR count). The molecule has 0 spiro atoms. The van der Waals surface area contributed by atoms with E-state index in [0.717, 1.165) is 5.56 Å². The van der Waals surface area contributed by atoms with Gasteiger partial charge < -0.3 is 14.5 Å². The monoisotopic (exact) mass is 411 g/mol. The molecule has 0 bridgehead atoms. The van der Waals surface area contributed by atoms with Crippen LogP contribution in [0.2, 0.25) is 0 Å². The molecule has 2 amide bonds. The number of carbonyl (C=O) groups excluding carboxylic acids is 2. The molecule has 0 saturated carbocycles. The molecule has 1 unspecified atom stereocenters. The maximum atomic E-state index is 12.9. The van der Waals surface area contributed by atoms with Crippen LogP contribution in [0.5, 0.6) is 0 Å². The van der Waals surface area contributed by atoms with Crippen molar-refractivity contribution in [2.45, 2.75) is 19.5 Å². The Morgan fingerprint density at radius 1 is 1.00 bits per heavy atom. The van der Waals surface area contributed by atoms with E-state index in [4.69, 9.17) is 4.74 Å². The summed E-state index contributed by atoms with van der Waals surface area (Å²) in [6.07, 6.45) is 3.45. The van der Waals surface area contributed by atoms with Gasteiger partial charge in [0.05, 0.1) is 37.6 Å². The van der Waals surface area contributed by atoms with Crippen molar-refractivity contribution in [3.63, 3.8) is 0 Å². The third-order valence-corrected chi connectivity index (χ3v) is 5.90. The van der Waals surface area contributed by atoms with E-state index in [1.54, 1.807) is 10.9 Å². The predicted octanol–water partition coefficient (Wildman–Crippen LogP) is 0.937. The molecular weight excluding hydrogens is 382 g/mol. The van der Waals surface area contributed by atoms with Crippen molar-refractivity contribution in [3.8, 4) is 0 Å². The zero-order valence-corrected chi connectivity index (χ0v) is 17.4. The second-order valence-corrected chi connectivity index (χ2v) is 7.85. The summed E-state index contributed by atoms with van der Waals surface area (Å²) in [6.45, 7) is 7.77. The maximum absolute atomic E-state index is 12.9. The molecule has 1 aromatic heterocycles. The van der Waals surface area contributed by atoms with E-state index in [0.29, 0.717) is 64.6 Å². The molecule has 3 heterocycles. The van der Waals surface area contributed by atoms with Crippen LogP contribution >= 0.6 is 0 Å². The van der Waals surface area contributed by atoms with Crippen molar-refractivity contribution in [2.75, 3.05) is 52.5 Å². The number of carbonyl (C=O) groups is 2. The third kappa shape index (κ3) is 4.71. The number of hydrogen-bond donors (Lipinski definition) is 0. The van der Waals surface area contributed by atoms with E-state index < -0.39 is 0 Å². The average molecular weight is 412 g/mol. The van der Waals surface area contributed by atoms with Crippen molar-refractivity contribution >= 4 is 11.8 Å². The van der Waals surface area contributed by atoms with Crippen LogP contribution in [0.4, 0.5) is 0 Å². The topological polar surface area (TPSA) is 70.9 Å². The number of piperazine rings is 1. The van der Waals surface area contributed by atoms with Crippen molar-refractivity contribution in [2.24, 2.45) is 0 Å². The Labute approximate surface area is 177 Å². The second-order valence-electron chi connectivity index (χ2n) is 7.85. The number of aromatic nitrogens is 2. The fraction of sp³-hybridized carbons (Fsp3) is 0.500. The summed E-state index contributed by atoms with van der Waals surface area (Å²) in [5.74, 6) is 0.154. The molecule has 2 saturated heterocycles. The van der Waals surface area contributed by atoms with E-state index in [1.807, 2.05) is 53.3 Å². The van der Waals surface area contributed by atoms with Crippen LogP contribution < -0.4 is 0 Å². The number of nitrogens with zero attached hydrogens (tertiary/aromatic N) is 5. The first-order chi connectivity index (χ1) is 14.6. The molecule has 1 aromatic carbocycles. The lowest BCUT2D eigenvalue weighted by Gasteiger charge is -2.39. The van der Waals surface area contributed by atoms with E-state index in [9.17, 15) is 9.59 Å². The highest BCUT2D eigenvalue weighted by atomic mass is 16.5. The molecule has 2 aliphatic heterocycles. The summed E-state index contributed by atoms with van der Waals surface area (Å²) in [6, 6.07) is 9.89. The lowest BCUT2D eigenvalue weighted by molar-refractivity contribution is -0.141. The fourth-order valence-electron chi connectivity index (χ4n) is 4.03. The Morgan fingerprint density at radius 2 is 1.70 bits per heavy atom. The zero-order valence-electron chi connectivity index (χ0n) is 17.4. The van der Waals surface area contributed by atoms with Crippen LogP contribution in [-0.2, 0) is 16.1 Å². The highest BCUT2D eigenvalue weighted by Gasteiger charge is 2.31. The minimum Gasteiger partial charge on any atom is -0.378 e. The van der Waals surface area contributed by atoms with Gasteiger partial charge in [0.15, 0.2) is 0 Å². The second kappa shape index (κ2) is 9.40. The van der Waals surface area contributed by atoms with Crippen molar-refractivity contribution in [3.05, 3.63) is 53.9 Å². The predicted molar refractivity (Wildman–Crippen MR) is 112 cm³/mol. The smallest absolute Gasteiger partial charge is 0.257 e. The molecule has 8 heteroatoms. The maximum Gasteiger partial charge on any atom is 0.257 e. The minimum absolute atomic E-state index is 0.00104. The molecule has 0 radical (unpaired) electrons. The first-order valence-electron chi connectivity index (χ1n) is 10.6. The van der Waals surface area contributed by atoms with Gasteiger partial charge in [0.1, 0.15) is 0 Å². The van der Waals surface area contributed by atoms with Gasteiger partial charge in [0.25, 0.3) is 5.91 Å². The minimum atomic E-state index is -0.172. The highest BCUT2D eigenvalue weighted by molar-refractivity contribution is 5.93. The van der Waals surface area contributed by atoms with Crippen LogP contribution in [0, 0.1) is 0 Å². The number of hydrogen-bond acceptors (Lipinski definition) is 5. The van der Waals surface area contributed by atoms with Crippen LogP contribution in [0.3, 0.4) is 0 Å². The molecule has 30 heavy (non-hydrogen) atoms. The molecular formula is C22H29N5O3. The number of benzene rings is 1. The summed E-state index contributed by atoms with van der Waals surface area (Å²) in [7, 11) is 0. The largest absolute Gasteiger partial charge is 0.378 e. The molecule has 2 aromatic rings. The zero-order chi connectivity index (χ0) is 20.9. The Morgan fingerprint density at radius 3 is 2.40 bits per heavy atom. The van der Waals surface area contributed by atoms with Gasteiger partial charge in [-0.05, 0) is 12.5 Å². The number of ether oxygens (including phenoxy) is 1. The number of morpholine rings is 1. The normalized spacial score (nSPS) is 19.0. The van der Waals surface area contributed by atoms with Gasteiger partial charge >= 0.3 is 0 Å². The van der Waals surface area contributed by atoms with Gasteiger partial charge in [-0.25, -0.2) is 0 Å². The van der Waals surface area contributed by atoms with Crippen LogP contribution in [-0.4, -0.2) is 94.8 Å². The van der Waals surface area contributed by atoms with Crippen molar-refractivity contribution < 1.29 is 14.3 Å². The summed E-state index contributed by atoms with van der Waals surface area (Å²) >= 11 is 0. The molecule has 2 aliphatic rings. The molecule has 1 atom stereocenters. The van der Waals surface area contributed by atoms with E-state index >= 15 is 0 Å². The molecule has 0 aliphatic carbocycles. The first-order valence-corrected chi connectivity index (χ1v) is 10.6. The van der Waals surface area contributed by atoms with Crippen LogP contribution in [0.1, 0.15) is 22.8 Å².